The maximum atomic E-state index is 13.4. The van der Waals surface area contributed by atoms with Crippen LogP contribution in [0.3, 0.4) is 0 Å². The summed E-state index contributed by atoms with van der Waals surface area (Å²) in [5, 5.41) is 4.12. The highest BCUT2D eigenvalue weighted by Gasteiger charge is 2.29. The number of methoxy groups -OCH3 is 1. The lowest BCUT2D eigenvalue weighted by atomic mass is 9.91. The fourth-order valence-electron chi connectivity index (χ4n) is 2.45. The highest BCUT2D eigenvalue weighted by Crippen LogP contribution is 2.32. The minimum Gasteiger partial charge on any atom is -0.495 e. The van der Waals surface area contributed by atoms with Crippen LogP contribution in [0, 0.1) is 12.3 Å². The lowest BCUT2D eigenvalue weighted by molar-refractivity contribution is -0.119. The first-order chi connectivity index (χ1) is 14.0. The Hall–Kier alpha value is -2.87. The minimum atomic E-state index is -4.02. The SMILES string of the molecule is COc1ccccc1N(CC(=O)N/N=C(/C)C(C)(C)C)S(=O)(=O)c1ccc(C)cc1. The highest BCUT2D eigenvalue weighted by atomic mass is 32.2. The van der Waals surface area contributed by atoms with E-state index in [1.807, 2.05) is 27.7 Å². The van der Waals surface area contributed by atoms with E-state index < -0.39 is 22.5 Å². The van der Waals surface area contributed by atoms with Gasteiger partial charge >= 0.3 is 0 Å². The first kappa shape index (κ1) is 23.4. The molecule has 0 radical (unpaired) electrons. The molecule has 2 rings (SSSR count). The lowest BCUT2D eigenvalue weighted by Crippen LogP contribution is -2.40. The van der Waals surface area contributed by atoms with Gasteiger partial charge in [-0.05, 0) is 38.1 Å². The summed E-state index contributed by atoms with van der Waals surface area (Å²) in [6.45, 7) is 9.15. The number of carbonyl (C=O) groups is 1. The van der Waals surface area contributed by atoms with E-state index in [4.69, 9.17) is 4.74 Å². The predicted octanol–water partition coefficient (Wildman–Crippen LogP) is 3.74. The monoisotopic (exact) mass is 431 g/mol. The number of carbonyl (C=O) groups excluding carboxylic acids is 1. The van der Waals surface area contributed by atoms with Gasteiger partial charge in [0.1, 0.15) is 12.3 Å². The quantitative estimate of drug-likeness (QED) is 0.534. The summed E-state index contributed by atoms with van der Waals surface area (Å²) < 4.78 is 33.2. The molecule has 0 aromatic heterocycles. The predicted molar refractivity (Wildman–Crippen MR) is 119 cm³/mol. The molecule has 0 fully saturated rings. The summed E-state index contributed by atoms with van der Waals surface area (Å²) in [4.78, 5) is 12.7. The van der Waals surface area contributed by atoms with Gasteiger partial charge in [0, 0.05) is 11.1 Å². The van der Waals surface area contributed by atoms with E-state index in [-0.39, 0.29) is 16.0 Å². The van der Waals surface area contributed by atoms with Crippen LogP contribution in [0.1, 0.15) is 33.3 Å². The number of nitrogens with zero attached hydrogens (tertiary/aromatic N) is 2. The van der Waals surface area contributed by atoms with Crippen LogP contribution < -0.4 is 14.5 Å². The van der Waals surface area contributed by atoms with Crippen molar-refractivity contribution < 1.29 is 17.9 Å². The van der Waals surface area contributed by atoms with E-state index in [0.717, 1.165) is 15.6 Å². The normalized spacial score (nSPS) is 12.4. The summed E-state index contributed by atoms with van der Waals surface area (Å²) in [5.41, 5.74) is 4.17. The number of ether oxygens (including phenoxy) is 1. The number of rotatable bonds is 7. The highest BCUT2D eigenvalue weighted by molar-refractivity contribution is 7.92. The number of para-hydroxylation sites is 2. The van der Waals surface area contributed by atoms with Crippen molar-refractivity contribution in [3.8, 4) is 5.75 Å². The van der Waals surface area contributed by atoms with Crippen LogP contribution in [0.15, 0.2) is 58.5 Å². The molecule has 162 valence electrons. The topological polar surface area (TPSA) is 88.1 Å². The lowest BCUT2D eigenvalue weighted by Gasteiger charge is -2.25. The summed E-state index contributed by atoms with van der Waals surface area (Å²) in [5.74, 6) is -0.212. The second-order valence-corrected chi connectivity index (χ2v) is 9.84. The molecule has 0 unspecified atom stereocenters. The van der Waals surface area contributed by atoms with E-state index in [0.29, 0.717) is 5.75 Å². The molecule has 0 heterocycles. The van der Waals surface area contributed by atoms with Crippen molar-refractivity contribution >= 4 is 27.3 Å². The molecule has 2 aromatic rings. The molecule has 0 bridgehead atoms. The molecule has 0 spiro atoms. The Balaban J connectivity index is 2.45. The van der Waals surface area contributed by atoms with Crippen molar-refractivity contribution in [1.82, 2.24) is 5.43 Å². The van der Waals surface area contributed by atoms with E-state index in [2.05, 4.69) is 10.5 Å². The third kappa shape index (κ3) is 5.60. The largest absolute Gasteiger partial charge is 0.495 e. The van der Waals surface area contributed by atoms with E-state index in [9.17, 15) is 13.2 Å². The summed E-state index contributed by atoms with van der Waals surface area (Å²) >= 11 is 0. The molecule has 0 aliphatic carbocycles. The van der Waals surface area contributed by atoms with Gasteiger partial charge in [0.05, 0.1) is 17.7 Å². The van der Waals surface area contributed by atoms with Crippen molar-refractivity contribution in [1.29, 1.82) is 0 Å². The summed E-state index contributed by atoms with van der Waals surface area (Å²) in [7, 11) is -2.57. The average molecular weight is 432 g/mol. The molecule has 0 atom stereocenters. The minimum absolute atomic E-state index is 0.0844. The van der Waals surface area contributed by atoms with E-state index in [1.165, 1.54) is 19.2 Å². The number of hydrogen-bond donors (Lipinski definition) is 1. The maximum absolute atomic E-state index is 13.4. The second kappa shape index (κ2) is 9.30. The molecule has 0 aliphatic heterocycles. The van der Waals surface area contributed by atoms with Gasteiger partial charge in [-0.3, -0.25) is 9.10 Å². The third-order valence-electron chi connectivity index (χ3n) is 4.68. The zero-order valence-corrected chi connectivity index (χ0v) is 19.1. The van der Waals surface area contributed by atoms with Crippen molar-refractivity contribution in [3.05, 3.63) is 54.1 Å². The number of hydrazone groups is 1. The van der Waals surface area contributed by atoms with Gasteiger partial charge in [-0.15, -0.1) is 0 Å². The van der Waals surface area contributed by atoms with Gasteiger partial charge in [0.2, 0.25) is 0 Å². The van der Waals surface area contributed by atoms with Gasteiger partial charge in [-0.1, -0.05) is 50.6 Å². The zero-order chi connectivity index (χ0) is 22.5. The second-order valence-electron chi connectivity index (χ2n) is 7.98. The average Bonchev–Trinajstić information content (AvgIpc) is 2.69. The van der Waals surface area contributed by atoms with Crippen LogP contribution in [0.25, 0.3) is 0 Å². The van der Waals surface area contributed by atoms with Crippen molar-refractivity contribution in [2.75, 3.05) is 18.0 Å². The van der Waals surface area contributed by atoms with Gasteiger partial charge in [-0.2, -0.15) is 5.10 Å². The Kier molecular flexibility index (Phi) is 7.25. The first-order valence-electron chi connectivity index (χ1n) is 9.53. The Labute approximate surface area is 178 Å². The van der Waals surface area contributed by atoms with Crippen molar-refractivity contribution in [3.63, 3.8) is 0 Å². The van der Waals surface area contributed by atoms with Crippen LogP contribution in [0.5, 0.6) is 5.75 Å². The fraction of sp³-hybridized carbons (Fsp3) is 0.364. The number of benzene rings is 2. The Morgan fingerprint density at radius 3 is 2.27 bits per heavy atom. The Morgan fingerprint density at radius 2 is 1.70 bits per heavy atom. The Morgan fingerprint density at radius 1 is 1.10 bits per heavy atom. The zero-order valence-electron chi connectivity index (χ0n) is 18.3. The number of hydrogen-bond acceptors (Lipinski definition) is 5. The molecule has 1 amide bonds. The van der Waals surface area contributed by atoms with Gasteiger partial charge in [0.25, 0.3) is 15.9 Å². The Bertz CT molecular complexity index is 1020. The number of anilines is 1. The third-order valence-corrected chi connectivity index (χ3v) is 6.46. The first-order valence-corrected chi connectivity index (χ1v) is 11.0. The standard InChI is InChI=1S/C22H29N3O4S/c1-16-11-13-18(14-12-16)30(27,28)25(19-9-7-8-10-20(19)29-6)15-21(26)24-23-17(2)22(3,4)5/h7-14H,15H2,1-6H3,(H,24,26)/b23-17-. The molecule has 0 saturated carbocycles. The molecular formula is C22H29N3O4S. The van der Waals surface area contributed by atoms with Crippen LogP contribution in [-0.2, 0) is 14.8 Å². The molecule has 0 aliphatic rings. The molecular weight excluding hydrogens is 402 g/mol. The summed E-state index contributed by atoms with van der Waals surface area (Å²) in [6.07, 6.45) is 0. The molecule has 1 N–H and O–H groups in total. The van der Waals surface area contributed by atoms with Gasteiger partial charge in [0.15, 0.2) is 0 Å². The van der Waals surface area contributed by atoms with E-state index >= 15 is 0 Å². The molecule has 0 saturated heterocycles. The van der Waals surface area contributed by atoms with Gasteiger partial charge in [-0.25, -0.2) is 13.8 Å². The van der Waals surface area contributed by atoms with Crippen molar-refractivity contribution in [2.24, 2.45) is 10.5 Å². The van der Waals surface area contributed by atoms with Crippen LogP contribution in [0.2, 0.25) is 0 Å². The molecule has 30 heavy (non-hydrogen) atoms. The van der Waals surface area contributed by atoms with Crippen molar-refractivity contribution in [2.45, 2.75) is 39.5 Å². The molecule has 8 heteroatoms. The fourth-order valence-corrected chi connectivity index (χ4v) is 3.88. The van der Waals surface area contributed by atoms with Crippen LogP contribution in [0.4, 0.5) is 5.69 Å². The van der Waals surface area contributed by atoms with Crippen LogP contribution >= 0.6 is 0 Å². The molecule has 7 nitrogen and oxygen atoms in total. The maximum Gasteiger partial charge on any atom is 0.264 e. The smallest absolute Gasteiger partial charge is 0.264 e. The van der Waals surface area contributed by atoms with Crippen LogP contribution in [-0.4, -0.2) is 33.7 Å². The summed E-state index contributed by atoms with van der Waals surface area (Å²) in [6, 6.07) is 13.1. The van der Waals surface area contributed by atoms with E-state index in [1.54, 1.807) is 43.3 Å². The number of amides is 1. The molecule has 2 aromatic carbocycles. The number of aryl methyl sites for hydroxylation is 1. The van der Waals surface area contributed by atoms with Gasteiger partial charge < -0.3 is 4.74 Å². The number of sulfonamides is 1. The number of nitrogens with one attached hydrogen (secondary N) is 1.